The molecule has 2 heterocycles. The molecule has 1 spiro atoms. The summed E-state index contributed by atoms with van der Waals surface area (Å²) in [5.41, 5.74) is 1.42. The molecule has 0 bridgehead atoms. The fraction of sp³-hybridized carbons (Fsp3) is 0.312. The molecule has 0 radical (unpaired) electrons. The zero-order valence-corrected chi connectivity index (χ0v) is 11.8. The van der Waals surface area contributed by atoms with Crippen molar-refractivity contribution in [2.24, 2.45) is 0 Å². The quantitative estimate of drug-likeness (QED) is 0.911. The number of amides is 1. The second-order valence-electron chi connectivity index (χ2n) is 5.53. The SMILES string of the molecule is CCc1ccc([C@H]2C[C@]23C(=O)Nc2ccc(Cl)cc23)o1. The first-order chi connectivity index (χ1) is 9.65. The molecule has 1 aliphatic carbocycles. The number of hydrogen-bond donors (Lipinski definition) is 1. The smallest absolute Gasteiger partial charge is 0.235 e. The molecule has 102 valence electrons. The molecule has 2 atom stereocenters. The summed E-state index contributed by atoms with van der Waals surface area (Å²) in [6.07, 6.45) is 1.66. The van der Waals surface area contributed by atoms with Gasteiger partial charge in [-0.3, -0.25) is 4.79 Å². The zero-order valence-electron chi connectivity index (χ0n) is 11.1. The summed E-state index contributed by atoms with van der Waals surface area (Å²) in [7, 11) is 0. The fourth-order valence-corrected chi connectivity index (χ4v) is 3.45. The first-order valence-electron chi connectivity index (χ1n) is 6.85. The van der Waals surface area contributed by atoms with Gasteiger partial charge in [-0.1, -0.05) is 18.5 Å². The maximum absolute atomic E-state index is 12.4. The lowest BCUT2D eigenvalue weighted by Crippen LogP contribution is -2.20. The van der Waals surface area contributed by atoms with Gasteiger partial charge in [0.15, 0.2) is 0 Å². The second kappa shape index (κ2) is 3.89. The number of anilines is 1. The Morgan fingerprint density at radius 3 is 3.00 bits per heavy atom. The van der Waals surface area contributed by atoms with Gasteiger partial charge in [-0.05, 0) is 42.3 Å². The Morgan fingerprint density at radius 1 is 1.40 bits per heavy atom. The van der Waals surface area contributed by atoms with Crippen molar-refractivity contribution in [3.05, 3.63) is 52.4 Å². The number of benzene rings is 1. The Balaban J connectivity index is 1.77. The predicted molar refractivity (Wildman–Crippen MR) is 77.2 cm³/mol. The van der Waals surface area contributed by atoms with Crippen molar-refractivity contribution in [3.63, 3.8) is 0 Å². The highest BCUT2D eigenvalue weighted by Gasteiger charge is 2.66. The molecule has 1 aromatic heterocycles. The molecule has 0 unspecified atom stereocenters. The van der Waals surface area contributed by atoms with Crippen LogP contribution in [-0.4, -0.2) is 5.91 Å². The first-order valence-corrected chi connectivity index (χ1v) is 7.23. The monoisotopic (exact) mass is 287 g/mol. The summed E-state index contributed by atoms with van der Waals surface area (Å²) < 4.78 is 5.82. The van der Waals surface area contributed by atoms with E-state index in [0.717, 1.165) is 35.6 Å². The number of rotatable bonds is 2. The molecular formula is C16H14ClNO2. The van der Waals surface area contributed by atoms with Gasteiger partial charge in [-0.25, -0.2) is 0 Å². The summed E-state index contributed by atoms with van der Waals surface area (Å²) >= 11 is 6.08. The summed E-state index contributed by atoms with van der Waals surface area (Å²) in [5.74, 6) is 2.06. The summed E-state index contributed by atoms with van der Waals surface area (Å²) in [6, 6.07) is 9.57. The minimum atomic E-state index is -0.469. The summed E-state index contributed by atoms with van der Waals surface area (Å²) in [4.78, 5) is 12.4. The van der Waals surface area contributed by atoms with Gasteiger partial charge >= 0.3 is 0 Å². The molecule has 0 saturated heterocycles. The number of hydrogen-bond acceptors (Lipinski definition) is 2. The lowest BCUT2D eigenvalue weighted by molar-refractivity contribution is -0.118. The first kappa shape index (κ1) is 12.0. The van der Waals surface area contributed by atoms with Crippen LogP contribution in [-0.2, 0) is 16.6 Å². The van der Waals surface area contributed by atoms with E-state index in [1.54, 1.807) is 6.07 Å². The molecule has 1 N–H and O–H groups in total. The minimum absolute atomic E-state index is 0.0641. The maximum atomic E-state index is 12.4. The molecule has 1 aromatic carbocycles. The van der Waals surface area contributed by atoms with Gasteiger partial charge in [0.2, 0.25) is 5.91 Å². The van der Waals surface area contributed by atoms with Crippen molar-refractivity contribution in [1.82, 2.24) is 0 Å². The van der Waals surface area contributed by atoms with Gasteiger partial charge in [0, 0.05) is 23.0 Å². The summed E-state index contributed by atoms with van der Waals surface area (Å²) in [6.45, 7) is 2.06. The van der Waals surface area contributed by atoms with E-state index in [9.17, 15) is 4.79 Å². The Labute approximate surface area is 121 Å². The Kier molecular flexibility index (Phi) is 2.34. The highest BCUT2D eigenvalue weighted by Crippen LogP contribution is 2.65. The molecule has 4 heteroatoms. The van der Waals surface area contributed by atoms with E-state index in [4.69, 9.17) is 16.0 Å². The van der Waals surface area contributed by atoms with Crippen molar-refractivity contribution >= 4 is 23.2 Å². The Morgan fingerprint density at radius 2 is 2.25 bits per heavy atom. The predicted octanol–water partition coefficient (Wildman–Crippen LogP) is 3.87. The van der Waals surface area contributed by atoms with E-state index < -0.39 is 5.41 Å². The molecule has 4 rings (SSSR count). The fourth-order valence-electron chi connectivity index (χ4n) is 3.28. The third-order valence-corrected chi connectivity index (χ3v) is 4.69. The highest BCUT2D eigenvalue weighted by atomic mass is 35.5. The second-order valence-corrected chi connectivity index (χ2v) is 5.97. The van der Waals surface area contributed by atoms with Crippen LogP contribution >= 0.6 is 11.6 Å². The van der Waals surface area contributed by atoms with E-state index in [-0.39, 0.29) is 11.8 Å². The maximum Gasteiger partial charge on any atom is 0.235 e. The topological polar surface area (TPSA) is 42.2 Å². The van der Waals surface area contributed by atoms with Gasteiger partial charge < -0.3 is 9.73 Å². The molecule has 1 amide bonds. The van der Waals surface area contributed by atoms with E-state index in [1.807, 2.05) is 24.3 Å². The van der Waals surface area contributed by atoms with Gasteiger partial charge in [-0.15, -0.1) is 0 Å². The molecule has 3 nitrogen and oxygen atoms in total. The molecule has 1 aliphatic heterocycles. The van der Waals surface area contributed by atoms with Crippen LogP contribution in [0.1, 0.15) is 36.3 Å². The molecule has 2 aliphatic rings. The third kappa shape index (κ3) is 1.44. The van der Waals surface area contributed by atoms with Crippen LogP contribution in [0.3, 0.4) is 0 Å². The number of carbonyl (C=O) groups is 1. The van der Waals surface area contributed by atoms with Crippen molar-refractivity contribution in [2.75, 3.05) is 5.32 Å². The van der Waals surface area contributed by atoms with Gasteiger partial charge in [-0.2, -0.15) is 0 Å². The summed E-state index contributed by atoms with van der Waals surface area (Å²) in [5, 5.41) is 3.62. The number of nitrogens with one attached hydrogen (secondary N) is 1. The molecule has 20 heavy (non-hydrogen) atoms. The number of fused-ring (bicyclic) bond motifs is 2. The van der Waals surface area contributed by atoms with Crippen LogP contribution in [0.25, 0.3) is 0 Å². The van der Waals surface area contributed by atoms with Crippen LogP contribution in [0.5, 0.6) is 0 Å². The normalized spacial score (nSPS) is 26.7. The molecular weight excluding hydrogens is 274 g/mol. The average Bonchev–Trinajstić information content (AvgIpc) is 2.91. The van der Waals surface area contributed by atoms with Crippen LogP contribution < -0.4 is 5.32 Å². The molecule has 1 fully saturated rings. The number of furan rings is 1. The minimum Gasteiger partial charge on any atom is -0.466 e. The van der Waals surface area contributed by atoms with E-state index >= 15 is 0 Å². The Hall–Kier alpha value is -1.74. The number of halogens is 1. The van der Waals surface area contributed by atoms with Gasteiger partial charge in [0.25, 0.3) is 0 Å². The molecule has 1 saturated carbocycles. The lowest BCUT2D eigenvalue weighted by Gasteiger charge is -2.07. The van der Waals surface area contributed by atoms with Crippen LogP contribution in [0.15, 0.2) is 34.7 Å². The lowest BCUT2D eigenvalue weighted by atomic mass is 9.94. The standard InChI is InChI=1S/C16H14ClNO2/c1-2-10-4-6-14(20-10)12-8-16(12)11-7-9(17)3-5-13(11)18-15(16)19/h3-7,12H,2,8H2,1H3,(H,18,19)/t12-,16-/m1/s1. The van der Waals surface area contributed by atoms with Crippen molar-refractivity contribution < 1.29 is 9.21 Å². The van der Waals surface area contributed by atoms with Crippen LogP contribution in [0, 0.1) is 0 Å². The van der Waals surface area contributed by atoms with Crippen LogP contribution in [0.4, 0.5) is 5.69 Å². The zero-order chi connectivity index (χ0) is 13.9. The van der Waals surface area contributed by atoms with E-state index in [1.165, 1.54) is 0 Å². The number of carbonyl (C=O) groups excluding carboxylic acids is 1. The number of aryl methyl sites for hydroxylation is 1. The van der Waals surface area contributed by atoms with Gasteiger partial charge in [0.1, 0.15) is 11.5 Å². The van der Waals surface area contributed by atoms with Crippen molar-refractivity contribution in [3.8, 4) is 0 Å². The Bertz CT molecular complexity index is 721. The molecule has 2 aromatic rings. The highest BCUT2D eigenvalue weighted by molar-refractivity contribution is 6.31. The van der Waals surface area contributed by atoms with Gasteiger partial charge in [0.05, 0.1) is 5.41 Å². The third-order valence-electron chi connectivity index (χ3n) is 4.45. The average molecular weight is 288 g/mol. The van der Waals surface area contributed by atoms with Crippen molar-refractivity contribution in [1.29, 1.82) is 0 Å². The van der Waals surface area contributed by atoms with Crippen molar-refractivity contribution in [2.45, 2.75) is 31.1 Å². The largest absolute Gasteiger partial charge is 0.466 e. The van der Waals surface area contributed by atoms with Crippen LogP contribution in [0.2, 0.25) is 5.02 Å². The van der Waals surface area contributed by atoms with E-state index in [2.05, 4.69) is 12.2 Å². The van der Waals surface area contributed by atoms with E-state index in [0.29, 0.717) is 5.02 Å².